The molecule has 3 rings (SSSR count). The van der Waals surface area contributed by atoms with E-state index in [-0.39, 0.29) is 29.5 Å². The van der Waals surface area contributed by atoms with Crippen LogP contribution in [0.3, 0.4) is 0 Å². The van der Waals surface area contributed by atoms with E-state index in [0.29, 0.717) is 28.1 Å². The van der Waals surface area contributed by atoms with Crippen LogP contribution in [-0.4, -0.2) is 19.6 Å². The van der Waals surface area contributed by atoms with E-state index >= 15 is 0 Å². The number of hydrogen-bond donors (Lipinski definition) is 2. The molecule has 0 aliphatic carbocycles. The summed E-state index contributed by atoms with van der Waals surface area (Å²) in [4.78, 5) is 11.5. The summed E-state index contributed by atoms with van der Waals surface area (Å²) in [5.41, 5.74) is 5.10. The molecule has 6 nitrogen and oxygen atoms in total. The molecule has 2 aromatic heterocycles. The molecule has 0 unspecified atom stereocenters. The molecule has 0 amide bonds. The highest BCUT2D eigenvalue weighted by Gasteiger charge is 2.24. The Morgan fingerprint density at radius 1 is 1.25 bits per heavy atom. The molecular weight excluding hydrogens is 377 g/mol. The highest BCUT2D eigenvalue weighted by atomic mass is 32.2. The highest BCUT2D eigenvalue weighted by Crippen LogP contribution is 2.39. The number of rotatable bonds is 5. The van der Waals surface area contributed by atoms with Gasteiger partial charge in [0.2, 0.25) is 0 Å². The van der Waals surface area contributed by atoms with Crippen LogP contribution in [0.4, 0.5) is 3.89 Å². The molecule has 0 saturated carbocycles. The number of nitrogens with zero attached hydrogens (tertiary/aromatic N) is 3. The fourth-order valence-corrected chi connectivity index (χ4v) is 3.62. The zero-order valence-electron chi connectivity index (χ0n) is 16.2. The molecule has 0 fully saturated rings. The van der Waals surface area contributed by atoms with E-state index in [9.17, 15) is 8.68 Å². The summed E-state index contributed by atoms with van der Waals surface area (Å²) < 4.78 is 16.2. The lowest BCUT2D eigenvalue weighted by molar-refractivity contribution is 0.101. The summed E-state index contributed by atoms with van der Waals surface area (Å²) in [6.45, 7) is 7.34. The molecule has 0 radical (unpaired) electrons. The lowest BCUT2D eigenvalue weighted by atomic mass is 9.93. The molecular formula is C20H22FN5OS. The largest absolute Gasteiger partial charge is 0.338 e. The smallest absolute Gasteiger partial charge is 0.188 e. The molecule has 28 heavy (non-hydrogen) atoms. The fourth-order valence-electron chi connectivity index (χ4n) is 3.24. The number of halogens is 1. The minimum atomic E-state index is -0.0142. The van der Waals surface area contributed by atoms with Crippen LogP contribution >= 0.6 is 12.3 Å². The van der Waals surface area contributed by atoms with Gasteiger partial charge < -0.3 is 5.84 Å². The van der Waals surface area contributed by atoms with Crippen molar-refractivity contribution in [1.82, 2.24) is 13.9 Å². The minimum Gasteiger partial charge on any atom is -0.338 e. The van der Waals surface area contributed by atoms with Crippen LogP contribution in [0.1, 0.15) is 48.2 Å². The summed E-state index contributed by atoms with van der Waals surface area (Å²) in [6.07, 6.45) is 1.60. The predicted octanol–water partition coefficient (Wildman–Crippen LogP) is 4.23. The molecule has 0 saturated heterocycles. The third-order valence-corrected chi connectivity index (χ3v) is 5.05. The van der Waals surface area contributed by atoms with Gasteiger partial charge in [-0.2, -0.15) is 9.19 Å². The second-order valence-electron chi connectivity index (χ2n) is 7.01. The standard InChI is InChI=1S/C20H22FN5OS/c1-11(2)17-18(15-7-5-14(6-8-15)13(4)27)24-26(28-21)19(17)16-9-12(3)20(22)25(23)10-16/h5-11,22H,23H2,1-4H3. The summed E-state index contributed by atoms with van der Waals surface area (Å²) in [7, 11) is 0. The van der Waals surface area contributed by atoms with Crippen LogP contribution in [0.15, 0.2) is 36.5 Å². The van der Waals surface area contributed by atoms with Crippen LogP contribution in [0.5, 0.6) is 0 Å². The molecule has 2 heterocycles. The first kappa shape index (κ1) is 19.9. The van der Waals surface area contributed by atoms with E-state index in [1.807, 2.05) is 32.0 Å². The highest BCUT2D eigenvalue weighted by molar-refractivity contribution is 7.92. The molecule has 0 spiro atoms. The van der Waals surface area contributed by atoms with Gasteiger partial charge >= 0.3 is 0 Å². The molecule has 8 heteroatoms. The Kier molecular flexibility index (Phi) is 5.42. The summed E-state index contributed by atoms with van der Waals surface area (Å²) in [6, 6.07) is 8.95. The number of benzene rings is 1. The maximum Gasteiger partial charge on any atom is 0.188 e. The van der Waals surface area contributed by atoms with E-state index in [1.165, 1.54) is 15.7 Å². The maximum absolute atomic E-state index is 13.8. The maximum atomic E-state index is 13.8. The van der Waals surface area contributed by atoms with Gasteiger partial charge in [0.15, 0.2) is 18.1 Å². The van der Waals surface area contributed by atoms with Crippen LogP contribution in [-0.2, 0) is 0 Å². The van der Waals surface area contributed by atoms with Crippen LogP contribution in [0.25, 0.3) is 22.5 Å². The average Bonchev–Trinajstić information content (AvgIpc) is 3.05. The first-order valence-electron chi connectivity index (χ1n) is 8.81. The van der Waals surface area contributed by atoms with Crippen molar-refractivity contribution in [3.63, 3.8) is 0 Å². The number of ketones is 1. The third kappa shape index (κ3) is 3.47. The van der Waals surface area contributed by atoms with Crippen molar-refractivity contribution >= 4 is 18.1 Å². The zero-order chi connectivity index (χ0) is 20.6. The van der Waals surface area contributed by atoms with Crippen LogP contribution < -0.4 is 11.3 Å². The number of aryl methyl sites for hydroxylation is 1. The average molecular weight is 399 g/mol. The topological polar surface area (TPSA) is 89.7 Å². The van der Waals surface area contributed by atoms with Crippen molar-refractivity contribution in [3.8, 4) is 22.5 Å². The van der Waals surface area contributed by atoms with Crippen molar-refractivity contribution in [1.29, 1.82) is 5.41 Å². The minimum absolute atomic E-state index is 0.0142. The second-order valence-corrected chi connectivity index (χ2v) is 7.49. The predicted molar refractivity (Wildman–Crippen MR) is 110 cm³/mol. The van der Waals surface area contributed by atoms with Gasteiger partial charge in [-0.05, 0) is 31.4 Å². The number of nitrogens with one attached hydrogen (secondary N) is 1. The Labute approximate surface area is 167 Å². The Bertz CT molecular complexity index is 1070. The molecule has 3 aromatic rings. The zero-order valence-corrected chi connectivity index (χ0v) is 17.0. The van der Waals surface area contributed by atoms with Gasteiger partial charge in [0, 0.05) is 28.5 Å². The molecule has 0 bridgehead atoms. The molecule has 0 aliphatic rings. The molecule has 1 aromatic carbocycles. The second kappa shape index (κ2) is 7.63. The van der Waals surface area contributed by atoms with Gasteiger partial charge in [0.05, 0.1) is 11.4 Å². The number of Topliss-reactive ketones (excluding diaryl/α,β-unsaturated/α-hetero) is 1. The lowest BCUT2D eigenvalue weighted by Crippen LogP contribution is -2.28. The van der Waals surface area contributed by atoms with Crippen molar-refractivity contribution in [3.05, 3.63) is 58.7 Å². The number of aromatic nitrogens is 3. The van der Waals surface area contributed by atoms with Crippen molar-refractivity contribution in [2.24, 2.45) is 0 Å². The number of carbonyl (C=O) groups excluding carboxylic acids is 1. The molecule has 3 N–H and O–H groups in total. The third-order valence-electron chi connectivity index (χ3n) is 4.66. The molecule has 0 atom stereocenters. The SMILES string of the molecule is CC(=O)c1ccc(-c2nn(SF)c(-c3cc(C)c(=N)n(N)c3)c2C(C)C)cc1. The summed E-state index contributed by atoms with van der Waals surface area (Å²) in [5.74, 6) is 5.95. The molecule has 146 valence electrons. The van der Waals surface area contributed by atoms with Gasteiger partial charge in [0.1, 0.15) is 5.49 Å². The summed E-state index contributed by atoms with van der Waals surface area (Å²) in [5, 5.41) is 12.4. The van der Waals surface area contributed by atoms with Crippen molar-refractivity contribution < 1.29 is 8.68 Å². The van der Waals surface area contributed by atoms with Crippen molar-refractivity contribution in [2.45, 2.75) is 33.6 Å². The Hall–Kier alpha value is -2.87. The quantitative estimate of drug-likeness (QED) is 0.496. The number of pyridine rings is 1. The lowest BCUT2D eigenvalue weighted by Gasteiger charge is -2.13. The summed E-state index contributed by atoms with van der Waals surface area (Å²) >= 11 is 0.0158. The Balaban J connectivity index is 2.27. The first-order chi connectivity index (χ1) is 13.2. The Morgan fingerprint density at radius 3 is 2.39 bits per heavy atom. The van der Waals surface area contributed by atoms with Gasteiger partial charge in [-0.3, -0.25) is 14.9 Å². The van der Waals surface area contributed by atoms with Gasteiger partial charge in [-0.15, -0.1) is 3.89 Å². The van der Waals surface area contributed by atoms with E-state index in [0.717, 1.165) is 11.1 Å². The number of nitrogen functional groups attached to an aromatic ring is 1. The van der Waals surface area contributed by atoms with E-state index < -0.39 is 0 Å². The van der Waals surface area contributed by atoms with Crippen molar-refractivity contribution in [2.75, 3.05) is 5.84 Å². The van der Waals surface area contributed by atoms with Gasteiger partial charge in [0.25, 0.3) is 0 Å². The van der Waals surface area contributed by atoms with Gasteiger partial charge in [-0.1, -0.05) is 38.1 Å². The van der Waals surface area contributed by atoms with Crippen LogP contribution in [0.2, 0.25) is 0 Å². The number of nitrogens with two attached hydrogens (primary N) is 1. The van der Waals surface area contributed by atoms with E-state index in [1.54, 1.807) is 25.3 Å². The monoisotopic (exact) mass is 399 g/mol. The Morgan fingerprint density at radius 2 is 1.89 bits per heavy atom. The number of carbonyl (C=O) groups is 1. The van der Waals surface area contributed by atoms with E-state index in [4.69, 9.17) is 11.3 Å². The number of hydrogen-bond acceptors (Lipinski definition) is 5. The molecule has 0 aliphatic heterocycles. The van der Waals surface area contributed by atoms with Gasteiger partial charge in [-0.25, -0.2) is 0 Å². The first-order valence-corrected chi connectivity index (χ1v) is 9.48. The van der Waals surface area contributed by atoms with E-state index in [2.05, 4.69) is 5.10 Å². The normalized spacial score (nSPS) is 11.2. The van der Waals surface area contributed by atoms with Crippen LogP contribution in [0, 0.1) is 12.3 Å². The fraction of sp³-hybridized carbons (Fsp3) is 0.250.